The highest BCUT2D eigenvalue weighted by Crippen LogP contribution is 2.15. The van der Waals surface area contributed by atoms with E-state index in [1.807, 2.05) is 0 Å². The van der Waals surface area contributed by atoms with Crippen LogP contribution in [0.3, 0.4) is 0 Å². The Morgan fingerprint density at radius 3 is 2.53 bits per heavy atom. The minimum atomic E-state index is -0.403. The van der Waals surface area contributed by atoms with Crippen molar-refractivity contribution < 1.29 is 9.53 Å². The van der Waals surface area contributed by atoms with Gasteiger partial charge in [0.05, 0.1) is 12.7 Å². The molecule has 6 nitrogen and oxygen atoms in total. The van der Waals surface area contributed by atoms with Gasteiger partial charge in [-0.2, -0.15) is 0 Å². The van der Waals surface area contributed by atoms with Crippen LogP contribution in [0.25, 0.3) is 11.4 Å². The number of methoxy groups -OCH3 is 1. The van der Waals surface area contributed by atoms with Crippen molar-refractivity contribution in [3.05, 3.63) is 35.7 Å². The zero-order valence-electron chi connectivity index (χ0n) is 9.41. The van der Waals surface area contributed by atoms with Gasteiger partial charge in [0.2, 0.25) is 5.82 Å². The third-order valence-corrected chi connectivity index (χ3v) is 2.12. The van der Waals surface area contributed by atoms with Crippen LogP contribution in [0.2, 0.25) is 0 Å². The topological polar surface area (TPSA) is 77.9 Å². The molecule has 0 unspecified atom stereocenters. The molecule has 0 aliphatic rings. The maximum Gasteiger partial charge on any atom is 0.337 e. The van der Waals surface area contributed by atoms with Crippen molar-refractivity contribution >= 4 is 5.97 Å². The highest BCUT2D eigenvalue weighted by Gasteiger charge is 2.08. The molecule has 0 N–H and O–H groups in total. The second kappa shape index (κ2) is 4.65. The summed E-state index contributed by atoms with van der Waals surface area (Å²) in [5.41, 5.74) is 1.11. The highest BCUT2D eigenvalue weighted by atomic mass is 16.5. The van der Waals surface area contributed by atoms with E-state index in [1.54, 1.807) is 31.2 Å². The number of rotatable bonds is 2. The summed E-state index contributed by atoms with van der Waals surface area (Å²) in [5.74, 6) is 0.471. The van der Waals surface area contributed by atoms with E-state index < -0.39 is 5.97 Å². The van der Waals surface area contributed by atoms with Crippen LogP contribution in [0.15, 0.2) is 24.3 Å². The summed E-state index contributed by atoms with van der Waals surface area (Å²) >= 11 is 0. The average molecular weight is 230 g/mol. The maximum atomic E-state index is 11.4. The molecule has 86 valence electrons. The van der Waals surface area contributed by atoms with Crippen molar-refractivity contribution in [1.82, 2.24) is 20.4 Å². The summed E-state index contributed by atoms with van der Waals surface area (Å²) in [7, 11) is 1.33. The lowest BCUT2D eigenvalue weighted by atomic mass is 10.1. The average Bonchev–Trinajstić information content (AvgIpc) is 2.39. The van der Waals surface area contributed by atoms with E-state index in [0.717, 1.165) is 0 Å². The van der Waals surface area contributed by atoms with Crippen molar-refractivity contribution in [3.63, 3.8) is 0 Å². The summed E-state index contributed by atoms with van der Waals surface area (Å²) in [6, 6.07) is 6.80. The van der Waals surface area contributed by atoms with Gasteiger partial charge in [-0.3, -0.25) is 0 Å². The highest BCUT2D eigenvalue weighted by molar-refractivity contribution is 5.90. The van der Waals surface area contributed by atoms with Gasteiger partial charge in [0.15, 0.2) is 5.82 Å². The molecule has 0 bridgehead atoms. The van der Waals surface area contributed by atoms with E-state index in [0.29, 0.717) is 22.8 Å². The molecule has 0 atom stereocenters. The Labute approximate surface area is 97.7 Å². The lowest BCUT2D eigenvalue weighted by Gasteiger charge is -2.01. The second-order valence-corrected chi connectivity index (χ2v) is 3.34. The Balaban J connectivity index is 2.39. The molecule has 0 saturated carbocycles. The van der Waals surface area contributed by atoms with E-state index in [-0.39, 0.29) is 0 Å². The summed E-state index contributed by atoms with van der Waals surface area (Å²) < 4.78 is 4.64. The van der Waals surface area contributed by atoms with E-state index in [1.165, 1.54) is 7.11 Å². The number of esters is 1. The summed E-state index contributed by atoms with van der Waals surface area (Å²) in [5, 5.41) is 15.4. The summed E-state index contributed by atoms with van der Waals surface area (Å²) in [6.07, 6.45) is 0. The number of nitrogens with zero attached hydrogens (tertiary/aromatic N) is 4. The number of aromatic nitrogens is 4. The predicted octanol–water partition coefficient (Wildman–Crippen LogP) is 1.03. The summed E-state index contributed by atoms with van der Waals surface area (Å²) in [6.45, 7) is 1.70. The lowest BCUT2D eigenvalue weighted by Crippen LogP contribution is -2.02. The fourth-order valence-electron chi connectivity index (χ4n) is 1.30. The number of ether oxygens (including phenoxy) is 1. The molecular weight excluding hydrogens is 220 g/mol. The fraction of sp³-hybridized carbons (Fsp3) is 0.182. The first-order chi connectivity index (χ1) is 8.20. The first-order valence-electron chi connectivity index (χ1n) is 4.93. The van der Waals surface area contributed by atoms with Crippen molar-refractivity contribution in [1.29, 1.82) is 0 Å². The van der Waals surface area contributed by atoms with Crippen LogP contribution in [0.5, 0.6) is 0 Å². The monoisotopic (exact) mass is 230 g/mol. The number of hydrogen-bond acceptors (Lipinski definition) is 6. The Kier molecular flexibility index (Phi) is 3.04. The van der Waals surface area contributed by atoms with Crippen molar-refractivity contribution in [2.75, 3.05) is 7.11 Å². The Bertz CT molecular complexity index is 539. The van der Waals surface area contributed by atoms with E-state index in [2.05, 4.69) is 25.1 Å². The van der Waals surface area contributed by atoms with Gasteiger partial charge in [0.25, 0.3) is 0 Å². The van der Waals surface area contributed by atoms with Crippen molar-refractivity contribution in [3.8, 4) is 11.4 Å². The standard InChI is InChI=1S/C11H10N4O2/c1-7-12-14-10(15-13-7)8-4-3-5-9(6-8)11(16)17-2/h3-6H,1-2H3. The van der Waals surface area contributed by atoms with Crippen LogP contribution in [0, 0.1) is 6.92 Å². The molecule has 6 heteroatoms. The van der Waals surface area contributed by atoms with Crippen LogP contribution in [0.4, 0.5) is 0 Å². The molecule has 1 heterocycles. The summed E-state index contributed by atoms with van der Waals surface area (Å²) in [4.78, 5) is 11.4. The van der Waals surface area contributed by atoms with Gasteiger partial charge >= 0.3 is 5.97 Å². The van der Waals surface area contributed by atoms with Crippen molar-refractivity contribution in [2.45, 2.75) is 6.92 Å². The molecule has 0 aliphatic heterocycles. The van der Waals surface area contributed by atoms with Crippen molar-refractivity contribution in [2.24, 2.45) is 0 Å². The predicted molar refractivity (Wildman–Crippen MR) is 59.1 cm³/mol. The van der Waals surface area contributed by atoms with Crippen LogP contribution in [0.1, 0.15) is 16.2 Å². The molecule has 1 aromatic heterocycles. The van der Waals surface area contributed by atoms with Crippen LogP contribution < -0.4 is 0 Å². The minimum absolute atomic E-state index is 0.376. The smallest absolute Gasteiger partial charge is 0.337 e. The number of carbonyl (C=O) groups excluding carboxylic acids is 1. The number of hydrogen-bond donors (Lipinski definition) is 0. The van der Waals surface area contributed by atoms with Gasteiger partial charge in [0, 0.05) is 5.56 Å². The number of aryl methyl sites for hydroxylation is 1. The van der Waals surface area contributed by atoms with Gasteiger partial charge in [-0.05, 0) is 19.1 Å². The minimum Gasteiger partial charge on any atom is -0.465 e. The Hall–Kier alpha value is -2.37. The Morgan fingerprint density at radius 1 is 1.18 bits per heavy atom. The molecule has 0 radical (unpaired) electrons. The molecule has 2 aromatic rings. The first kappa shape index (κ1) is 11.1. The Morgan fingerprint density at radius 2 is 1.88 bits per heavy atom. The zero-order valence-corrected chi connectivity index (χ0v) is 9.41. The SMILES string of the molecule is COC(=O)c1cccc(-c2nnc(C)nn2)c1. The van der Waals surface area contributed by atoms with Gasteiger partial charge in [-0.1, -0.05) is 12.1 Å². The molecule has 17 heavy (non-hydrogen) atoms. The zero-order chi connectivity index (χ0) is 12.3. The third-order valence-electron chi connectivity index (χ3n) is 2.12. The number of benzene rings is 1. The molecule has 1 aromatic carbocycles. The normalized spacial score (nSPS) is 10.0. The third kappa shape index (κ3) is 2.41. The lowest BCUT2D eigenvalue weighted by molar-refractivity contribution is 0.0601. The maximum absolute atomic E-state index is 11.4. The van der Waals surface area contributed by atoms with Gasteiger partial charge in [-0.15, -0.1) is 20.4 Å². The molecular formula is C11H10N4O2. The molecule has 0 saturated heterocycles. The van der Waals surface area contributed by atoms with E-state index in [4.69, 9.17) is 0 Å². The largest absolute Gasteiger partial charge is 0.465 e. The van der Waals surface area contributed by atoms with Crippen LogP contribution in [-0.4, -0.2) is 33.5 Å². The molecule has 0 aliphatic carbocycles. The van der Waals surface area contributed by atoms with Crippen LogP contribution >= 0.6 is 0 Å². The molecule has 2 rings (SSSR count). The second-order valence-electron chi connectivity index (χ2n) is 3.34. The fourth-order valence-corrected chi connectivity index (χ4v) is 1.30. The quantitative estimate of drug-likeness (QED) is 0.717. The van der Waals surface area contributed by atoms with E-state index in [9.17, 15) is 4.79 Å². The number of carbonyl (C=O) groups is 1. The molecule has 0 amide bonds. The van der Waals surface area contributed by atoms with Gasteiger partial charge in [-0.25, -0.2) is 4.79 Å². The first-order valence-corrected chi connectivity index (χ1v) is 4.93. The van der Waals surface area contributed by atoms with E-state index >= 15 is 0 Å². The van der Waals surface area contributed by atoms with Crippen LogP contribution in [-0.2, 0) is 4.74 Å². The van der Waals surface area contributed by atoms with Gasteiger partial charge in [0.1, 0.15) is 0 Å². The molecule has 0 fully saturated rings. The van der Waals surface area contributed by atoms with Gasteiger partial charge < -0.3 is 4.74 Å². The molecule has 0 spiro atoms.